The maximum absolute atomic E-state index is 12.4. The van der Waals surface area contributed by atoms with Crippen molar-refractivity contribution in [1.82, 2.24) is 20.3 Å². The molecular weight excluding hydrogens is 324 g/mol. The molecule has 1 N–H and O–H groups in total. The van der Waals surface area contributed by atoms with Crippen molar-refractivity contribution in [3.8, 4) is 0 Å². The highest BCUT2D eigenvalue weighted by atomic mass is 16.2. The molecule has 1 aliphatic carbocycles. The van der Waals surface area contributed by atoms with Gasteiger partial charge in [-0.05, 0) is 36.0 Å². The molecule has 1 amide bonds. The average Bonchev–Trinajstić information content (AvgIpc) is 3.15. The number of aromatic nitrogens is 3. The van der Waals surface area contributed by atoms with Crippen LogP contribution >= 0.6 is 0 Å². The molecule has 0 radical (unpaired) electrons. The zero-order chi connectivity index (χ0) is 17.8. The Labute approximate surface area is 153 Å². The molecule has 132 valence electrons. The second kappa shape index (κ2) is 7.52. The van der Waals surface area contributed by atoms with Crippen LogP contribution in [0, 0.1) is 0 Å². The molecule has 1 heterocycles. The van der Waals surface area contributed by atoms with Crippen molar-refractivity contribution in [3.05, 3.63) is 83.2 Å². The highest BCUT2D eigenvalue weighted by molar-refractivity contribution is 5.91. The van der Waals surface area contributed by atoms with Crippen molar-refractivity contribution < 1.29 is 4.79 Å². The minimum absolute atomic E-state index is 0.160. The Morgan fingerprint density at radius 2 is 1.92 bits per heavy atom. The van der Waals surface area contributed by atoms with Crippen LogP contribution < -0.4 is 5.32 Å². The minimum Gasteiger partial charge on any atom is -0.350 e. The van der Waals surface area contributed by atoms with E-state index in [0.717, 1.165) is 18.4 Å². The molecule has 2 aromatic carbocycles. The van der Waals surface area contributed by atoms with Crippen LogP contribution in [0.5, 0.6) is 0 Å². The summed E-state index contributed by atoms with van der Waals surface area (Å²) in [6, 6.07) is 18.6. The summed E-state index contributed by atoms with van der Waals surface area (Å²) in [5.41, 5.74) is 4.27. The molecule has 26 heavy (non-hydrogen) atoms. The number of nitrogens with zero attached hydrogens (tertiary/aromatic N) is 3. The van der Waals surface area contributed by atoms with Crippen molar-refractivity contribution in [1.29, 1.82) is 0 Å². The first-order valence-corrected chi connectivity index (χ1v) is 9.09. The first kappa shape index (κ1) is 16.5. The Bertz CT molecular complexity index is 888. The number of rotatable bonds is 5. The summed E-state index contributed by atoms with van der Waals surface area (Å²) < 4.78 is 1.69. The number of nitrogens with one attached hydrogen (secondary N) is 1. The molecular formula is C21H22N4O. The smallest absolute Gasteiger partial charge is 0.273 e. The number of hydrogen-bond acceptors (Lipinski definition) is 3. The Morgan fingerprint density at radius 3 is 2.81 bits per heavy atom. The third-order valence-corrected chi connectivity index (χ3v) is 4.96. The number of aryl methyl sites for hydroxylation is 1. The quantitative estimate of drug-likeness (QED) is 0.772. The Hall–Kier alpha value is -2.95. The van der Waals surface area contributed by atoms with Gasteiger partial charge in [-0.2, -0.15) is 0 Å². The predicted molar refractivity (Wildman–Crippen MR) is 100 cm³/mol. The molecule has 0 saturated heterocycles. The Balaban J connectivity index is 1.37. The van der Waals surface area contributed by atoms with E-state index in [2.05, 4.69) is 39.9 Å². The summed E-state index contributed by atoms with van der Waals surface area (Å²) in [4.78, 5) is 12.4. The molecule has 0 bridgehead atoms. The van der Waals surface area contributed by atoms with E-state index in [9.17, 15) is 4.79 Å². The molecule has 3 aromatic rings. The standard InChI is InChI=1S/C21H22N4O/c26-21(20-15-25(24-23-20)14-16-7-2-1-3-8-16)22-13-18-11-6-10-17-9-4-5-12-19(17)18/h1-5,7-9,12,15,18H,6,10-11,13-14H2,(H,22,26). The van der Waals surface area contributed by atoms with E-state index in [-0.39, 0.29) is 5.91 Å². The number of fused-ring (bicyclic) bond motifs is 1. The monoisotopic (exact) mass is 346 g/mol. The van der Waals surface area contributed by atoms with Crippen LogP contribution in [-0.4, -0.2) is 27.4 Å². The molecule has 5 nitrogen and oxygen atoms in total. The van der Waals surface area contributed by atoms with Crippen LogP contribution in [0.3, 0.4) is 0 Å². The Morgan fingerprint density at radius 1 is 1.12 bits per heavy atom. The van der Waals surface area contributed by atoms with Crippen molar-refractivity contribution in [2.24, 2.45) is 0 Å². The van der Waals surface area contributed by atoms with E-state index in [1.807, 2.05) is 30.3 Å². The van der Waals surface area contributed by atoms with Gasteiger partial charge in [0.15, 0.2) is 5.69 Å². The molecule has 1 aliphatic rings. The van der Waals surface area contributed by atoms with Gasteiger partial charge in [0.2, 0.25) is 0 Å². The van der Waals surface area contributed by atoms with E-state index >= 15 is 0 Å². The third-order valence-electron chi connectivity index (χ3n) is 4.96. The first-order valence-electron chi connectivity index (χ1n) is 9.09. The van der Waals surface area contributed by atoms with Crippen LogP contribution in [0.25, 0.3) is 0 Å². The summed E-state index contributed by atoms with van der Waals surface area (Å²) in [5.74, 6) is 0.218. The van der Waals surface area contributed by atoms with Gasteiger partial charge in [-0.25, -0.2) is 4.68 Å². The van der Waals surface area contributed by atoms with Crippen molar-refractivity contribution in [2.45, 2.75) is 31.7 Å². The lowest BCUT2D eigenvalue weighted by Gasteiger charge is -2.25. The lowest BCUT2D eigenvalue weighted by atomic mass is 9.83. The van der Waals surface area contributed by atoms with Crippen LogP contribution in [0.2, 0.25) is 0 Å². The summed E-state index contributed by atoms with van der Waals surface area (Å²) in [7, 11) is 0. The van der Waals surface area contributed by atoms with Gasteiger partial charge in [0.1, 0.15) is 0 Å². The molecule has 1 unspecified atom stereocenters. The SMILES string of the molecule is O=C(NCC1CCCc2ccccc21)c1cn(Cc2ccccc2)nn1. The number of hydrogen-bond donors (Lipinski definition) is 1. The fourth-order valence-electron chi connectivity index (χ4n) is 3.62. The zero-order valence-electron chi connectivity index (χ0n) is 14.6. The maximum Gasteiger partial charge on any atom is 0.273 e. The summed E-state index contributed by atoms with van der Waals surface area (Å²) in [6.45, 7) is 1.25. The van der Waals surface area contributed by atoms with Gasteiger partial charge in [-0.3, -0.25) is 4.79 Å². The van der Waals surface area contributed by atoms with E-state index in [1.54, 1.807) is 10.9 Å². The molecule has 5 heteroatoms. The minimum atomic E-state index is -0.160. The lowest BCUT2D eigenvalue weighted by Crippen LogP contribution is -2.30. The molecule has 1 aromatic heterocycles. The summed E-state index contributed by atoms with van der Waals surface area (Å²) in [5, 5.41) is 11.1. The van der Waals surface area contributed by atoms with Gasteiger partial charge < -0.3 is 5.32 Å². The van der Waals surface area contributed by atoms with Gasteiger partial charge in [0.05, 0.1) is 12.7 Å². The normalized spacial score (nSPS) is 16.1. The lowest BCUT2D eigenvalue weighted by molar-refractivity contribution is 0.0945. The average molecular weight is 346 g/mol. The van der Waals surface area contributed by atoms with Crippen LogP contribution in [0.4, 0.5) is 0 Å². The number of amides is 1. The third kappa shape index (κ3) is 3.67. The maximum atomic E-state index is 12.4. The number of benzene rings is 2. The molecule has 0 aliphatic heterocycles. The van der Waals surface area contributed by atoms with Gasteiger partial charge in [0, 0.05) is 12.5 Å². The van der Waals surface area contributed by atoms with Crippen LogP contribution in [0.1, 0.15) is 45.9 Å². The fraction of sp³-hybridized carbons (Fsp3) is 0.286. The highest BCUT2D eigenvalue weighted by Crippen LogP contribution is 2.30. The van der Waals surface area contributed by atoms with Crippen molar-refractivity contribution >= 4 is 5.91 Å². The van der Waals surface area contributed by atoms with E-state index in [4.69, 9.17) is 0 Å². The molecule has 0 spiro atoms. The van der Waals surface area contributed by atoms with Gasteiger partial charge in [-0.1, -0.05) is 59.8 Å². The molecule has 0 saturated carbocycles. The van der Waals surface area contributed by atoms with E-state index in [0.29, 0.717) is 24.7 Å². The Kier molecular flexibility index (Phi) is 4.78. The first-order chi connectivity index (χ1) is 12.8. The van der Waals surface area contributed by atoms with E-state index in [1.165, 1.54) is 17.5 Å². The number of carbonyl (C=O) groups is 1. The summed E-state index contributed by atoms with van der Waals surface area (Å²) in [6.07, 6.45) is 5.12. The molecule has 1 atom stereocenters. The topological polar surface area (TPSA) is 59.8 Å². The predicted octanol–water partition coefficient (Wildman–Crippen LogP) is 3.18. The van der Waals surface area contributed by atoms with Crippen molar-refractivity contribution in [2.75, 3.05) is 6.54 Å². The molecule has 0 fully saturated rings. The highest BCUT2D eigenvalue weighted by Gasteiger charge is 2.21. The van der Waals surface area contributed by atoms with E-state index < -0.39 is 0 Å². The number of carbonyl (C=O) groups excluding carboxylic acids is 1. The second-order valence-electron chi connectivity index (χ2n) is 6.78. The van der Waals surface area contributed by atoms with Crippen LogP contribution in [-0.2, 0) is 13.0 Å². The van der Waals surface area contributed by atoms with Crippen LogP contribution in [0.15, 0.2) is 60.8 Å². The molecule has 4 rings (SSSR count). The summed E-state index contributed by atoms with van der Waals surface area (Å²) >= 11 is 0. The largest absolute Gasteiger partial charge is 0.350 e. The van der Waals surface area contributed by atoms with Gasteiger partial charge in [-0.15, -0.1) is 5.10 Å². The van der Waals surface area contributed by atoms with Gasteiger partial charge in [0.25, 0.3) is 5.91 Å². The fourth-order valence-corrected chi connectivity index (χ4v) is 3.62. The van der Waals surface area contributed by atoms with Crippen molar-refractivity contribution in [3.63, 3.8) is 0 Å². The zero-order valence-corrected chi connectivity index (χ0v) is 14.6. The second-order valence-corrected chi connectivity index (χ2v) is 6.78. The van der Waals surface area contributed by atoms with Gasteiger partial charge >= 0.3 is 0 Å².